The minimum absolute atomic E-state index is 0.172. The van der Waals surface area contributed by atoms with E-state index in [0.717, 1.165) is 87.4 Å². The van der Waals surface area contributed by atoms with Crippen LogP contribution in [0.15, 0.2) is 30.6 Å². The predicted octanol–water partition coefficient (Wildman–Crippen LogP) is 5.31. The highest BCUT2D eigenvalue weighted by molar-refractivity contribution is 7.81. The lowest BCUT2D eigenvalue weighted by Gasteiger charge is -2.38. The van der Waals surface area contributed by atoms with Crippen LogP contribution >= 0.6 is 11.3 Å². The number of hydrogen-bond acceptors (Lipinski definition) is 8. The van der Waals surface area contributed by atoms with E-state index >= 15 is 0 Å². The average Bonchev–Trinajstić information content (AvgIpc) is 3.58. The number of anilines is 1. The standard InChI is InChI=1S/C32H39F3N8OS2/c1-21-18-41(11-13-43(21)46(3)44)10-12-42-25(17-36)14-27-22(2)23(4-5-29(27)42)19-40-8-6-24(7-9-40)39-30-28-15-26(16-32(33,34)35)45-31(28)38-20-37-30/h4-5,14-15,20-21,24H,6-13,16,18-19H2,1-3H3,(H,37,38,39). The number of likely N-dealkylation sites (tertiary alicyclic amines) is 1. The average molecular weight is 673 g/mol. The second kappa shape index (κ2) is 13.6. The number of aryl methyl sites for hydroxylation is 1. The van der Waals surface area contributed by atoms with Crippen molar-refractivity contribution in [1.82, 2.24) is 28.6 Å². The van der Waals surface area contributed by atoms with Crippen molar-refractivity contribution >= 4 is 49.3 Å². The van der Waals surface area contributed by atoms with Gasteiger partial charge in [0.1, 0.15) is 28.7 Å². The first-order valence-corrected chi connectivity index (χ1v) is 18.0. The highest BCUT2D eigenvalue weighted by atomic mass is 32.2. The molecular weight excluding hydrogens is 634 g/mol. The van der Waals surface area contributed by atoms with Crippen LogP contribution in [-0.2, 0) is 30.5 Å². The van der Waals surface area contributed by atoms with E-state index in [1.807, 2.05) is 10.4 Å². The Labute approximate surface area is 273 Å². The van der Waals surface area contributed by atoms with Crippen LogP contribution < -0.4 is 5.32 Å². The molecular formula is C32H39F3N8OS2. The van der Waals surface area contributed by atoms with Gasteiger partial charge in [0.2, 0.25) is 0 Å². The summed E-state index contributed by atoms with van der Waals surface area (Å²) in [6, 6.07) is 10.7. The normalized spacial score (nSPS) is 20.0. The van der Waals surface area contributed by atoms with Gasteiger partial charge < -0.3 is 9.88 Å². The molecule has 0 aliphatic carbocycles. The highest BCUT2D eigenvalue weighted by Crippen LogP contribution is 2.33. The van der Waals surface area contributed by atoms with Gasteiger partial charge in [-0.25, -0.2) is 18.5 Å². The summed E-state index contributed by atoms with van der Waals surface area (Å²) in [6.07, 6.45) is -0.282. The molecule has 246 valence electrons. The molecule has 46 heavy (non-hydrogen) atoms. The second-order valence-electron chi connectivity index (χ2n) is 12.4. The molecule has 2 aliphatic rings. The Hall–Kier alpha value is -3.09. The number of aromatic nitrogens is 3. The maximum absolute atomic E-state index is 12.9. The zero-order valence-corrected chi connectivity index (χ0v) is 27.9. The van der Waals surface area contributed by atoms with E-state index in [9.17, 15) is 22.6 Å². The SMILES string of the molecule is Cc1c(CN2CCC(Nc3ncnc4sc(CC(F)(F)F)cc34)CC2)ccc2c1cc(C#N)n2CCN1CCN(S(C)=O)C(C)C1. The number of alkyl halides is 3. The Morgan fingerprint density at radius 2 is 1.87 bits per heavy atom. The Kier molecular flexibility index (Phi) is 9.68. The summed E-state index contributed by atoms with van der Waals surface area (Å²) >= 11 is 1.07. The number of rotatable bonds is 9. The van der Waals surface area contributed by atoms with Crippen molar-refractivity contribution in [2.75, 3.05) is 50.8 Å². The summed E-state index contributed by atoms with van der Waals surface area (Å²) in [7, 11) is -0.961. The van der Waals surface area contributed by atoms with Gasteiger partial charge in [0.05, 0.1) is 22.8 Å². The van der Waals surface area contributed by atoms with E-state index in [-0.39, 0.29) is 17.0 Å². The summed E-state index contributed by atoms with van der Waals surface area (Å²) in [6.45, 7) is 10.9. The molecule has 2 aliphatic heterocycles. The Balaban J connectivity index is 1.07. The van der Waals surface area contributed by atoms with Crippen molar-refractivity contribution < 1.29 is 17.4 Å². The molecule has 2 atom stereocenters. The van der Waals surface area contributed by atoms with Crippen LogP contribution in [0.2, 0.25) is 0 Å². The van der Waals surface area contributed by atoms with E-state index in [0.29, 0.717) is 21.7 Å². The summed E-state index contributed by atoms with van der Waals surface area (Å²) in [5, 5.41) is 15.2. The maximum atomic E-state index is 12.9. The van der Waals surface area contributed by atoms with E-state index in [1.54, 1.807) is 12.3 Å². The topological polar surface area (TPSA) is 93.3 Å². The van der Waals surface area contributed by atoms with Gasteiger partial charge >= 0.3 is 6.18 Å². The van der Waals surface area contributed by atoms with Crippen molar-refractivity contribution in [2.24, 2.45) is 0 Å². The lowest BCUT2D eigenvalue weighted by molar-refractivity contribution is -0.126. The molecule has 0 saturated carbocycles. The minimum Gasteiger partial charge on any atom is -0.367 e. The monoisotopic (exact) mass is 672 g/mol. The van der Waals surface area contributed by atoms with Gasteiger partial charge in [-0.15, -0.1) is 11.3 Å². The molecule has 0 bridgehead atoms. The van der Waals surface area contributed by atoms with Crippen LogP contribution in [-0.4, -0.2) is 96.6 Å². The molecule has 14 heteroatoms. The van der Waals surface area contributed by atoms with Gasteiger partial charge in [0, 0.05) is 86.5 Å². The molecule has 1 N–H and O–H groups in total. The number of nitriles is 1. The molecule has 9 nitrogen and oxygen atoms in total. The van der Waals surface area contributed by atoms with Gasteiger partial charge in [0.15, 0.2) is 0 Å². The van der Waals surface area contributed by atoms with Crippen LogP contribution in [0.4, 0.5) is 19.0 Å². The lowest BCUT2D eigenvalue weighted by Crippen LogP contribution is -2.52. The fourth-order valence-electron chi connectivity index (χ4n) is 6.84. The number of piperidine rings is 1. The molecule has 0 amide bonds. The third-order valence-electron chi connectivity index (χ3n) is 9.28. The van der Waals surface area contributed by atoms with Gasteiger partial charge in [-0.3, -0.25) is 9.80 Å². The van der Waals surface area contributed by atoms with Crippen molar-refractivity contribution in [3.8, 4) is 6.07 Å². The number of fused-ring (bicyclic) bond motifs is 2. The van der Waals surface area contributed by atoms with Gasteiger partial charge in [-0.2, -0.15) is 18.4 Å². The lowest BCUT2D eigenvalue weighted by atomic mass is 10.0. The third kappa shape index (κ3) is 7.23. The first-order valence-electron chi connectivity index (χ1n) is 15.6. The molecule has 5 heterocycles. The summed E-state index contributed by atoms with van der Waals surface area (Å²) in [5.41, 5.74) is 4.17. The number of halogens is 3. The number of nitrogens with zero attached hydrogens (tertiary/aromatic N) is 7. The van der Waals surface area contributed by atoms with Crippen LogP contribution in [0.25, 0.3) is 21.1 Å². The fourth-order valence-corrected chi connectivity index (χ4v) is 8.78. The maximum Gasteiger partial charge on any atom is 0.393 e. The van der Waals surface area contributed by atoms with E-state index in [4.69, 9.17) is 0 Å². The molecule has 6 rings (SSSR count). The number of thiophene rings is 1. The van der Waals surface area contributed by atoms with Crippen molar-refractivity contribution in [3.63, 3.8) is 0 Å². The van der Waals surface area contributed by atoms with E-state index in [2.05, 4.69) is 61.7 Å². The molecule has 1 aromatic carbocycles. The van der Waals surface area contributed by atoms with Crippen LogP contribution in [0.1, 0.15) is 41.5 Å². The largest absolute Gasteiger partial charge is 0.393 e. The Bertz CT molecular complexity index is 1770. The second-order valence-corrected chi connectivity index (χ2v) is 14.9. The van der Waals surface area contributed by atoms with Gasteiger partial charge in [0.25, 0.3) is 0 Å². The zero-order chi connectivity index (χ0) is 32.6. The smallest absolute Gasteiger partial charge is 0.367 e. The van der Waals surface area contributed by atoms with Crippen molar-refractivity contribution in [1.29, 1.82) is 5.26 Å². The number of benzene rings is 1. The molecule has 2 unspecified atom stereocenters. The molecule has 2 saturated heterocycles. The molecule has 0 spiro atoms. The highest BCUT2D eigenvalue weighted by Gasteiger charge is 2.30. The first-order chi connectivity index (χ1) is 22.0. The van der Waals surface area contributed by atoms with Crippen LogP contribution in [0, 0.1) is 18.3 Å². The van der Waals surface area contributed by atoms with E-state index < -0.39 is 23.6 Å². The Morgan fingerprint density at radius 3 is 2.57 bits per heavy atom. The van der Waals surface area contributed by atoms with E-state index in [1.165, 1.54) is 17.5 Å². The minimum atomic E-state index is -4.26. The predicted molar refractivity (Wildman–Crippen MR) is 177 cm³/mol. The fraction of sp³-hybridized carbons (Fsp3) is 0.531. The summed E-state index contributed by atoms with van der Waals surface area (Å²) in [5.74, 6) is 0.599. The molecule has 3 aromatic heterocycles. The van der Waals surface area contributed by atoms with Crippen LogP contribution in [0.3, 0.4) is 0 Å². The quantitative estimate of drug-likeness (QED) is 0.258. The number of hydrogen-bond donors (Lipinski definition) is 1. The van der Waals surface area contributed by atoms with Gasteiger partial charge in [-0.1, -0.05) is 6.07 Å². The number of nitrogens with one attached hydrogen (secondary N) is 1. The molecule has 4 aromatic rings. The molecule has 0 radical (unpaired) electrons. The van der Waals surface area contributed by atoms with Crippen molar-refractivity contribution in [2.45, 2.75) is 64.5 Å². The summed E-state index contributed by atoms with van der Waals surface area (Å²) in [4.78, 5) is 14.2. The van der Waals surface area contributed by atoms with Crippen molar-refractivity contribution in [3.05, 3.63) is 52.3 Å². The van der Waals surface area contributed by atoms with Gasteiger partial charge in [-0.05, 0) is 56.0 Å². The number of piperazine rings is 1. The first kappa shape index (κ1) is 32.8. The Morgan fingerprint density at radius 1 is 1.09 bits per heavy atom. The zero-order valence-electron chi connectivity index (χ0n) is 26.3. The third-order valence-corrected chi connectivity index (χ3v) is 11.5. The van der Waals surface area contributed by atoms with Crippen LogP contribution in [0.5, 0.6) is 0 Å². The molecule has 2 fully saturated rings. The summed E-state index contributed by atoms with van der Waals surface area (Å²) < 4.78 is 54.9.